The molecule has 0 atom stereocenters. The third-order valence-corrected chi connectivity index (χ3v) is 4.18. The molecule has 21 heavy (non-hydrogen) atoms. The maximum absolute atomic E-state index is 10.7. The first-order chi connectivity index (χ1) is 9.72. The fourth-order valence-corrected chi connectivity index (χ4v) is 3.18. The highest BCUT2D eigenvalue weighted by molar-refractivity contribution is 5.32. The molecule has 5 heteroatoms. The Balaban J connectivity index is 2.05. The van der Waals surface area contributed by atoms with Gasteiger partial charge in [0.05, 0.1) is 11.5 Å². The highest BCUT2D eigenvalue weighted by atomic mass is 16.7. The van der Waals surface area contributed by atoms with Crippen LogP contribution in [-0.4, -0.2) is 21.1 Å². The van der Waals surface area contributed by atoms with E-state index >= 15 is 0 Å². The number of benzene rings is 1. The molecule has 0 unspecified atom stereocenters. The summed E-state index contributed by atoms with van der Waals surface area (Å²) in [6.07, 6.45) is 3.42. The molecule has 0 saturated carbocycles. The minimum absolute atomic E-state index is 0.00251. The molecular weight excluding hydrogens is 268 g/mol. The maximum Gasteiger partial charge on any atom is 0.269 e. The van der Waals surface area contributed by atoms with Crippen LogP contribution in [0.2, 0.25) is 0 Å². The van der Waals surface area contributed by atoms with Crippen LogP contribution in [0.3, 0.4) is 0 Å². The van der Waals surface area contributed by atoms with Crippen LogP contribution in [0.25, 0.3) is 0 Å². The third kappa shape index (κ3) is 3.60. The zero-order chi connectivity index (χ0) is 15.7. The zero-order valence-electron chi connectivity index (χ0n) is 13.3. The number of hydrogen-bond acceptors (Lipinski definition) is 4. The Morgan fingerprint density at radius 3 is 2.14 bits per heavy atom. The second-order valence-corrected chi connectivity index (χ2v) is 6.97. The summed E-state index contributed by atoms with van der Waals surface area (Å²) in [5.41, 5.74) is 1.06. The van der Waals surface area contributed by atoms with Crippen LogP contribution < -0.4 is 0 Å². The Morgan fingerprint density at radius 2 is 1.67 bits per heavy atom. The molecule has 1 aliphatic heterocycles. The normalized spacial score (nSPS) is 21.1. The molecule has 1 fully saturated rings. The molecule has 0 aromatic heterocycles. The predicted octanol–water partition coefficient (Wildman–Crippen LogP) is 4.07. The lowest BCUT2D eigenvalue weighted by Crippen LogP contribution is -2.58. The van der Waals surface area contributed by atoms with Gasteiger partial charge in [0, 0.05) is 23.2 Å². The van der Waals surface area contributed by atoms with Gasteiger partial charge in [-0.3, -0.25) is 15.0 Å². The van der Waals surface area contributed by atoms with Crippen LogP contribution in [-0.2, 0) is 11.4 Å². The minimum atomic E-state index is -0.387. The molecule has 0 amide bonds. The van der Waals surface area contributed by atoms with E-state index in [1.165, 1.54) is 18.6 Å². The molecule has 0 aliphatic carbocycles. The lowest BCUT2D eigenvalue weighted by Gasteiger charge is -2.51. The Kier molecular flexibility index (Phi) is 4.35. The van der Waals surface area contributed by atoms with E-state index in [9.17, 15) is 10.1 Å². The summed E-state index contributed by atoms with van der Waals surface area (Å²) in [6.45, 7) is 9.23. The molecule has 0 bridgehead atoms. The lowest BCUT2D eigenvalue weighted by atomic mass is 9.82. The van der Waals surface area contributed by atoms with Crippen molar-refractivity contribution in [1.29, 1.82) is 0 Å². The topological polar surface area (TPSA) is 55.6 Å². The van der Waals surface area contributed by atoms with Crippen molar-refractivity contribution in [2.75, 3.05) is 0 Å². The summed E-state index contributed by atoms with van der Waals surface area (Å²) in [5, 5.41) is 12.8. The van der Waals surface area contributed by atoms with Gasteiger partial charge in [-0.2, -0.15) is 5.06 Å². The summed E-state index contributed by atoms with van der Waals surface area (Å²) in [7, 11) is 0. The van der Waals surface area contributed by atoms with Crippen molar-refractivity contribution >= 4 is 5.69 Å². The number of nitrogens with zero attached hydrogens (tertiary/aromatic N) is 2. The smallest absolute Gasteiger partial charge is 0.269 e. The molecule has 116 valence electrons. The van der Waals surface area contributed by atoms with Crippen LogP contribution >= 0.6 is 0 Å². The molecule has 1 heterocycles. The van der Waals surface area contributed by atoms with Crippen LogP contribution in [0, 0.1) is 10.1 Å². The quantitative estimate of drug-likeness (QED) is 0.620. The van der Waals surface area contributed by atoms with Crippen molar-refractivity contribution in [3.8, 4) is 0 Å². The van der Waals surface area contributed by atoms with Gasteiger partial charge in [0.2, 0.25) is 0 Å². The molecule has 0 radical (unpaired) electrons. The van der Waals surface area contributed by atoms with Crippen molar-refractivity contribution < 1.29 is 9.76 Å². The second-order valence-electron chi connectivity index (χ2n) is 6.97. The van der Waals surface area contributed by atoms with Gasteiger partial charge in [-0.15, -0.1) is 0 Å². The lowest BCUT2D eigenvalue weighted by molar-refractivity contribution is -0.384. The minimum Gasteiger partial charge on any atom is -0.293 e. The molecule has 0 spiro atoms. The molecule has 1 aliphatic rings. The van der Waals surface area contributed by atoms with E-state index in [4.69, 9.17) is 4.84 Å². The van der Waals surface area contributed by atoms with Crippen molar-refractivity contribution in [3.05, 3.63) is 39.9 Å². The van der Waals surface area contributed by atoms with Crippen molar-refractivity contribution in [3.63, 3.8) is 0 Å². The number of piperidine rings is 1. The molecule has 1 aromatic carbocycles. The van der Waals surface area contributed by atoms with Crippen LogP contribution in [0.1, 0.15) is 52.5 Å². The van der Waals surface area contributed by atoms with Gasteiger partial charge in [0.25, 0.3) is 5.69 Å². The van der Waals surface area contributed by atoms with E-state index in [0.717, 1.165) is 18.4 Å². The zero-order valence-corrected chi connectivity index (χ0v) is 13.3. The van der Waals surface area contributed by atoms with Gasteiger partial charge in [-0.25, -0.2) is 0 Å². The van der Waals surface area contributed by atoms with Gasteiger partial charge in [0.15, 0.2) is 0 Å². The fourth-order valence-electron chi connectivity index (χ4n) is 3.18. The first kappa shape index (κ1) is 15.9. The van der Waals surface area contributed by atoms with Gasteiger partial charge in [-0.1, -0.05) is 0 Å². The SMILES string of the molecule is CC1(C)CCCC(C)(C)N1OCc1ccc([N+](=O)[O-])cc1. The van der Waals surface area contributed by atoms with Gasteiger partial charge >= 0.3 is 0 Å². The van der Waals surface area contributed by atoms with E-state index < -0.39 is 0 Å². The summed E-state index contributed by atoms with van der Waals surface area (Å²) in [6, 6.07) is 6.54. The highest BCUT2D eigenvalue weighted by Crippen LogP contribution is 2.38. The summed E-state index contributed by atoms with van der Waals surface area (Å²) in [4.78, 5) is 16.3. The molecular formula is C16H24N2O3. The Hall–Kier alpha value is -1.46. The van der Waals surface area contributed by atoms with Crippen molar-refractivity contribution in [2.45, 2.75) is 64.6 Å². The third-order valence-electron chi connectivity index (χ3n) is 4.18. The largest absolute Gasteiger partial charge is 0.293 e. The van der Waals surface area contributed by atoms with Gasteiger partial charge < -0.3 is 0 Å². The molecule has 5 nitrogen and oxygen atoms in total. The first-order valence-corrected chi connectivity index (χ1v) is 7.39. The Bertz CT molecular complexity index is 493. The number of nitro benzene ring substituents is 1. The van der Waals surface area contributed by atoms with Crippen molar-refractivity contribution in [1.82, 2.24) is 5.06 Å². The summed E-state index contributed by atoms with van der Waals surface area (Å²) < 4.78 is 0. The number of hydrogen-bond donors (Lipinski definition) is 0. The predicted molar refractivity (Wildman–Crippen MR) is 81.7 cm³/mol. The van der Waals surface area contributed by atoms with Crippen molar-refractivity contribution in [2.24, 2.45) is 0 Å². The Labute approximate surface area is 126 Å². The van der Waals surface area contributed by atoms with Crippen LogP contribution in [0.15, 0.2) is 24.3 Å². The number of hydroxylamine groups is 2. The van der Waals surface area contributed by atoms with E-state index in [2.05, 4.69) is 32.8 Å². The molecule has 1 saturated heterocycles. The van der Waals surface area contributed by atoms with Gasteiger partial charge in [-0.05, 0) is 64.7 Å². The van der Waals surface area contributed by atoms with E-state index in [0.29, 0.717) is 6.61 Å². The molecule has 1 aromatic rings. The summed E-state index contributed by atoms with van der Waals surface area (Å²) in [5.74, 6) is 0. The van der Waals surface area contributed by atoms with E-state index in [1.807, 2.05) is 0 Å². The number of rotatable bonds is 4. The number of non-ortho nitro benzene ring substituents is 1. The average Bonchev–Trinajstić information content (AvgIpc) is 2.37. The molecule has 2 rings (SSSR count). The highest BCUT2D eigenvalue weighted by Gasteiger charge is 2.42. The monoisotopic (exact) mass is 292 g/mol. The number of nitro groups is 1. The fraction of sp³-hybridized carbons (Fsp3) is 0.625. The van der Waals surface area contributed by atoms with Crippen LogP contribution in [0.4, 0.5) is 5.69 Å². The summed E-state index contributed by atoms with van der Waals surface area (Å²) >= 11 is 0. The molecule has 0 N–H and O–H groups in total. The first-order valence-electron chi connectivity index (χ1n) is 7.39. The van der Waals surface area contributed by atoms with E-state index in [-0.39, 0.29) is 21.7 Å². The Morgan fingerprint density at radius 1 is 1.14 bits per heavy atom. The van der Waals surface area contributed by atoms with Crippen LogP contribution in [0.5, 0.6) is 0 Å². The second kappa shape index (κ2) is 5.73. The maximum atomic E-state index is 10.7. The average molecular weight is 292 g/mol. The van der Waals surface area contributed by atoms with E-state index in [1.54, 1.807) is 12.1 Å². The van der Waals surface area contributed by atoms with Gasteiger partial charge in [0.1, 0.15) is 0 Å². The standard InChI is InChI=1S/C16H24N2O3/c1-15(2)10-5-11-16(3,4)18(15)21-12-13-6-8-14(9-7-13)17(19)20/h6-9H,5,10-12H2,1-4H3.